The van der Waals surface area contributed by atoms with Crippen molar-refractivity contribution in [3.63, 3.8) is 0 Å². The standard InChI is InChI=1S/C10H11ClFN.ClH/c1-2-3-10(13)7-4-5-8(11)9(12)6-7;/h2,4-6,10H,1,3,13H2;1H/t10-;/m1./s1. The van der Waals surface area contributed by atoms with Crippen LogP contribution in [-0.4, -0.2) is 0 Å². The van der Waals surface area contributed by atoms with Crippen molar-refractivity contribution < 1.29 is 4.39 Å². The van der Waals surface area contributed by atoms with Gasteiger partial charge in [-0.05, 0) is 24.1 Å². The van der Waals surface area contributed by atoms with Crippen LogP contribution in [-0.2, 0) is 0 Å². The average molecular weight is 236 g/mol. The van der Waals surface area contributed by atoms with E-state index in [0.29, 0.717) is 6.42 Å². The fraction of sp³-hybridized carbons (Fsp3) is 0.200. The Morgan fingerprint density at radius 1 is 1.57 bits per heavy atom. The van der Waals surface area contributed by atoms with E-state index in [1.807, 2.05) is 0 Å². The van der Waals surface area contributed by atoms with Crippen molar-refractivity contribution in [2.24, 2.45) is 5.73 Å². The van der Waals surface area contributed by atoms with Crippen molar-refractivity contribution in [2.45, 2.75) is 12.5 Å². The summed E-state index contributed by atoms with van der Waals surface area (Å²) in [6.07, 6.45) is 2.33. The van der Waals surface area contributed by atoms with Gasteiger partial charge in [0.1, 0.15) is 5.82 Å². The summed E-state index contributed by atoms with van der Waals surface area (Å²) in [6, 6.07) is 4.38. The van der Waals surface area contributed by atoms with Crippen LogP contribution in [0.5, 0.6) is 0 Å². The number of nitrogens with two attached hydrogens (primary N) is 1. The van der Waals surface area contributed by atoms with Gasteiger partial charge in [-0.15, -0.1) is 19.0 Å². The smallest absolute Gasteiger partial charge is 0.142 e. The SMILES string of the molecule is C=CC[C@@H](N)c1ccc(Cl)c(F)c1.Cl. The first-order chi connectivity index (χ1) is 6.15. The lowest BCUT2D eigenvalue weighted by Crippen LogP contribution is -2.09. The number of halogens is 3. The van der Waals surface area contributed by atoms with Gasteiger partial charge in [0.15, 0.2) is 0 Å². The molecule has 0 aromatic heterocycles. The lowest BCUT2D eigenvalue weighted by molar-refractivity contribution is 0.620. The predicted octanol–water partition coefficient (Wildman–Crippen LogP) is 3.48. The van der Waals surface area contributed by atoms with Crippen molar-refractivity contribution in [1.82, 2.24) is 0 Å². The zero-order chi connectivity index (χ0) is 9.84. The molecule has 78 valence electrons. The van der Waals surface area contributed by atoms with Crippen LogP contribution in [0.2, 0.25) is 5.02 Å². The summed E-state index contributed by atoms with van der Waals surface area (Å²) < 4.78 is 13.0. The van der Waals surface area contributed by atoms with Gasteiger partial charge >= 0.3 is 0 Å². The van der Waals surface area contributed by atoms with Gasteiger partial charge in [0.05, 0.1) is 5.02 Å². The van der Waals surface area contributed by atoms with E-state index in [-0.39, 0.29) is 23.5 Å². The molecule has 14 heavy (non-hydrogen) atoms. The third-order valence-electron chi connectivity index (χ3n) is 1.79. The van der Waals surface area contributed by atoms with Crippen LogP contribution in [0.25, 0.3) is 0 Å². The number of rotatable bonds is 3. The molecule has 0 saturated carbocycles. The van der Waals surface area contributed by atoms with E-state index in [4.69, 9.17) is 17.3 Å². The molecule has 0 aliphatic carbocycles. The van der Waals surface area contributed by atoms with Gasteiger partial charge in [0, 0.05) is 6.04 Å². The lowest BCUT2D eigenvalue weighted by Gasteiger charge is -2.09. The second-order valence-corrected chi connectivity index (χ2v) is 3.21. The molecule has 0 aliphatic rings. The fourth-order valence-electron chi connectivity index (χ4n) is 1.06. The summed E-state index contributed by atoms with van der Waals surface area (Å²) in [4.78, 5) is 0. The molecule has 0 amide bonds. The maximum atomic E-state index is 13.0. The minimum Gasteiger partial charge on any atom is -0.324 e. The van der Waals surface area contributed by atoms with Crippen LogP contribution in [0.3, 0.4) is 0 Å². The molecule has 2 N–H and O–H groups in total. The van der Waals surface area contributed by atoms with Crippen molar-refractivity contribution in [3.05, 3.63) is 47.3 Å². The number of benzene rings is 1. The lowest BCUT2D eigenvalue weighted by atomic mass is 10.1. The van der Waals surface area contributed by atoms with Gasteiger partial charge in [-0.1, -0.05) is 23.7 Å². The van der Waals surface area contributed by atoms with Gasteiger partial charge in [0.25, 0.3) is 0 Å². The van der Waals surface area contributed by atoms with Crippen LogP contribution in [0.4, 0.5) is 4.39 Å². The third-order valence-corrected chi connectivity index (χ3v) is 2.10. The van der Waals surface area contributed by atoms with Crippen LogP contribution in [0.1, 0.15) is 18.0 Å². The van der Waals surface area contributed by atoms with Gasteiger partial charge in [-0.3, -0.25) is 0 Å². The second kappa shape index (κ2) is 6.02. The molecule has 1 aromatic rings. The summed E-state index contributed by atoms with van der Waals surface area (Å²) in [5.74, 6) is -0.432. The Labute approximate surface area is 94.2 Å². The molecule has 1 nitrogen and oxygen atoms in total. The number of hydrogen-bond acceptors (Lipinski definition) is 1. The Bertz CT molecular complexity index is 315. The second-order valence-electron chi connectivity index (χ2n) is 2.80. The molecule has 1 aromatic carbocycles. The van der Waals surface area contributed by atoms with Crippen molar-refractivity contribution >= 4 is 24.0 Å². The van der Waals surface area contributed by atoms with Crippen LogP contribution in [0.15, 0.2) is 30.9 Å². The highest BCUT2D eigenvalue weighted by Gasteiger charge is 2.06. The van der Waals surface area contributed by atoms with E-state index in [2.05, 4.69) is 6.58 Å². The molecule has 0 radical (unpaired) electrons. The van der Waals surface area contributed by atoms with Gasteiger partial charge < -0.3 is 5.73 Å². The molecule has 4 heteroatoms. The van der Waals surface area contributed by atoms with Crippen LogP contribution < -0.4 is 5.73 Å². The largest absolute Gasteiger partial charge is 0.324 e. The normalized spacial score (nSPS) is 11.6. The molecule has 0 bridgehead atoms. The average Bonchev–Trinajstić information content (AvgIpc) is 2.10. The van der Waals surface area contributed by atoms with E-state index < -0.39 is 5.82 Å². The number of hydrogen-bond donors (Lipinski definition) is 1. The topological polar surface area (TPSA) is 26.0 Å². The van der Waals surface area contributed by atoms with Crippen molar-refractivity contribution in [1.29, 1.82) is 0 Å². The summed E-state index contributed by atoms with van der Waals surface area (Å²) in [5.41, 5.74) is 6.48. The van der Waals surface area contributed by atoms with E-state index in [1.54, 1.807) is 12.1 Å². The Balaban J connectivity index is 0.00000169. The quantitative estimate of drug-likeness (QED) is 0.799. The van der Waals surface area contributed by atoms with Crippen molar-refractivity contribution in [2.75, 3.05) is 0 Å². The monoisotopic (exact) mass is 235 g/mol. The van der Waals surface area contributed by atoms with E-state index >= 15 is 0 Å². The van der Waals surface area contributed by atoms with E-state index in [9.17, 15) is 4.39 Å². The Morgan fingerprint density at radius 2 is 2.21 bits per heavy atom. The zero-order valence-corrected chi connectivity index (χ0v) is 9.11. The Hall–Kier alpha value is -0.570. The fourth-order valence-corrected chi connectivity index (χ4v) is 1.18. The Morgan fingerprint density at radius 3 is 2.71 bits per heavy atom. The molecular formula is C10H12Cl2FN. The van der Waals surface area contributed by atoms with Crippen LogP contribution in [0, 0.1) is 5.82 Å². The first kappa shape index (κ1) is 13.4. The van der Waals surface area contributed by atoms with Gasteiger partial charge in [-0.25, -0.2) is 4.39 Å². The minimum absolute atomic E-state index is 0. The first-order valence-corrected chi connectivity index (χ1v) is 4.34. The molecule has 0 aliphatic heterocycles. The predicted molar refractivity (Wildman–Crippen MR) is 60.4 cm³/mol. The molecular weight excluding hydrogens is 224 g/mol. The summed E-state index contributed by atoms with van der Waals surface area (Å²) in [6.45, 7) is 3.57. The zero-order valence-electron chi connectivity index (χ0n) is 7.54. The summed E-state index contributed by atoms with van der Waals surface area (Å²) >= 11 is 5.53. The van der Waals surface area contributed by atoms with E-state index in [0.717, 1.165) is 5.56 Å². The summed E-state index contributed by atoms with van der Waals surface area (Å²) in [5, 5.41) is 0.120. The molecule has 0 spiro atoms. The Kier molecular flexibility index (Phi) is 5.77. The minimum atomic E-state index is -0.432. The molecule has 0 saturated heterocycles. The van der Waals surface area contributed by atoms with Crippen LogP contribution >= 0.6 is 24.0 Å². The molecule has 0 heterocycles. The highest BCUT2D eigenvalue weighted by atomic mass is 35.5. The van der Waals surface area contributed by atoms with Gasteiger partial charge in [0.2, 0.25) is 0 Å². The molecule has 0 unspecified atom stereocenters. The van der Waals surface area contributed by atoms with Crippen molar-refractivity contribution in [3.8, 4) is 0 Å². The molecule has 1 atom stereocenters. The maximum Gasteiger partial charge on any atom is 0.142 e. The molecule has 0 fully saturated rings. The summed E-state index contributed by atoms with van der Waals surface area (Å²) in [7, 11) is 0. The first-order valence-electron chi connectivity index (χ1n) is 3.96. The maximum absolute atomic E-state index is 13.0. The van der Waals surface area contributed by atoms with Gasteiger partial charge in [-0.2, -0.15) is 0 Å². The third kappa shape index (κ3) is 3.29. The highest BCUT2D eigenvalue weighted by molar-refractivity contribution is 6.30. The highest BCUT2D eigenvalue weighted by Crippen LogP contribution is 2.20. The van der Waals surface area contributed by atoms with E-state index in [1.165, 1.54) is 12.1 Å². The molecule has 1 rings (SSSR count).